The van der Waals surface area contributed by atoms with E-state index in [9.17, 15) is 9.59 Å². The Morgan fingerprint density at radius 1 is 1.39 bits per heavy atom. The highest BCUT2D eigenvalue weighted by Crippen LogP contribution is 2.47. The largest absolute Gasteiger partial charge is 0.425 e. The van der Waals surface area contributed by atoms with Crippen LogP contribution < -0.4 is 10.5 Å². The Labute approximate surface area is 136 Å². The Morgan fingerprint density at radius 3 is 2.65 bits per heavy atom. The summed E-state index contributed by atoms with van der Waals surface area (Å²) in [7, 11) is 0. The van der Waals surface area contributed by atoms with E-state index in [2.05, 4.69) is 18.8 Å². The van der Waals surface area contributed by atoms with Crippen LogP contribution in [-0.4, -0.2) is 24.1 Å². The average molecular weight is 316 g/mol. The van der Waals surface area contributed by atoms with Gasteiger partial charge in [0, 0.05) is 5.92 Å². The molecule has 2 N–H and O–H groups in total. The van der Waals surface area contributed by atoms with E-state index in [1.54, 1.807) is 30.3 Å². The van der Waals surface area contributed by atoms with Gasteiger partial charge in [-0.3, -0.25) is 0 Å². The standard InChI is InChI=1S/C18H24N2O3/c1-13-9-17(2,3)11-18(19,15(13)10-20-12-21)16(22)23-14-7-5-4-6-8-14/h4-8,13,15H,9-11,19H2,1-3H3. The molecule has 2 rings (SSSR count). The second-order valence-corrected chi connectivity index (χ2v) is 7.30. The first-order valence-electron chi connectivity index (χ1n) is 7.88. The van der Waals surface area contributed by atoms with Gasteiger partial charge in [-0.1, -0.05) is 39.0 Å². The van der Waals surface area contributed by atoms with Crippen molar-refractivity contribution in [3.05, 3.63) is 30.3 Å². The monoisotopic (exact) mass is 316 g/mol. The summed E-state index contributed by atoms with van der Waals surface area (Å²) in [6.07, 6.45) is 2.97. The maximum Gasteiger partial charge on any atom is 0.331 e. The third kappa shape index (κ3) is 3.87. The van der Waals surface area contributed by atoms with E-state index >= 15 is 0 Å². The van der Waals surface area contributed by atoms with Gasteiger partial charge in [-0.2, -0.15) is 0 Å². The Balaban J connectivity index is 2.30. The topological polar surface area (TPSA) is 81.8 Å². The Morgan fingerprint density at radius 2 is 2.04 bits per heavy atom. The number of nitrogens with two attached hydrogens (primary N) is 1. The van der Waals surface area contributed by atoms with Crippen molar-refractivity contribution in [3.63, 3.8) is 0 Å². The van der Waals surface area contributed by atoms with Gasteiger partial charge in [0.2, 0.25) is 6.08 Å². The van der Waals surface area contributed by atoms with Crippen LogP contribution >= 0.6 is 0 Å². The van der Waals surface area contributed by atoms with E-state index in [1.807, 2.05) is 13.0 Å². The lowest BCUT2D eigenvalue weighted by atomic mass is 9.59. The summed E-state index contributed by atoms with van der Waals surface area (Å²) in [5.74, 6) is -0.0808. The lowest BCUT2D eigenvalue weighted by molar-refractivity contribution is -0.148. The number of carbonyl (C=O) groups is 1. The predicted molar refractivity (Wildman–Crippen MR) is 87.7 cm³/mol. The molecule has 1 aliphatic rings. The Bertz CT molecular complexity index is 608. The molecule has 23 heavy (non-hydrogen) atoms. The van der Waals surface area contributed by atoms with Gasteiger partial charge in [-0.15, -0.1) is 0 Å². The minimum atomic E-state index is -1.17. The van der Waals surface area contributed by atoms with E-state index in [0.717, 1.165) is 6.42 Å². The first kappa shape index (κ1) is 17.4. The van der Waals surface area contributed by atoms with Crippen molar-refractivity contribution in [3.8, 4) is 5.75 Å². The van der Waals surface area contributed by atoms with E-state index in [4.69, 9.17) is 10.5 Å². The lowest BCUT2D eigenvalue weighted by Gasteiger charge is -2.48. The first-order valence-corrected chi connectivity index (χ1v) is 7.88. The minimum Gasteiger partial charge on any atom is -0.425 e. The summed E-state index contributed by atoms with van der Waals surface area (Å²) >= 11 is 0. The number of ether oxygens (including phenoxy) is 1. The molecule has 5 heteroatoms. The third-order valence-electron chi connectivity index (χ3n) is 4.68. The highest BCUT2D eigenvalue weighted by molar-refractivity contribution is 5.83. The predicted octanol–water partition coefficient (Wildman–Crippen LogP) is 2.70. The fraction of sp³-hybridized carbons (Fsp3) is 0.556. The summed E-state index contributed by atoms with van der Waals surface area (Å²) in [6, 6.07) is 8.89. The molecule has 1 saturated carbocycles. The molecule has 0 bridgehead atoms. The molecule has 1 aromatic rings. The van der Waals surface area contributed by atoms with Gasteiger partial charge < -0.3 is 10.5 Å². The SMILES string of the molecule is CC1CC(C)(C)CC(N)(C(=O)Oc2ccccc2)C1CN=C=O. The normalized spacial score (nSPS) is 29.4. The van der Waals surface area contributed by atoms with E-state index in [0.29, 0.717) is 12.2 Å². The van der Waals surface area contributed by atoms with Crippen LogP contribution in [-0.2, 0) is 9.59 Å². The molecule has 0 saturated heterocycles. The maximum atomic E-state index is 12.8. The van der Waals surface area contributed by atoms with Crippen molar-refractivity contribution in [2.75, 3.05) is 6.54 Å². The van der Waals surface area contributed by atoms with Gasteiger partial charge in [0.25, 0.3) is 0 Å². The number of carbonyl (C=O) groups excluding carboxylic acids is 2. The summed E-state index contributed by atoms with van der Waals surface area (Å²) in [5.41, 5.74) is 5.29. The molecule has 0 aromatic heterocycles. The second-order valence-electron chi connectivity index (χ2n) is 7.30. The zero-order chi connectivity index (χ0) is 17.1. The quantitative estimate of drug-likeness (QED) is 0.401. The van der Waals surface area contributed by atoms with E-state index in [1.165, 1.54) is 0 Å². The van der Waals surface area contributed by atoms with Gasteiger partial charge in [-0.05, 0) is 36.3 Å². The molecule has 1 aliphatic carbocycles. The number of benzene rings is 1. The van der Waals surface area contributed by atoms with Crippen molar-refractivity contribution in [1.29, 1.82) is 0 Å². The van der Waals surface area contributed by atoms with Crippen LogP contribution in [0.3, 0.4) is 0 Å². The molecular weight excluding hydrogens is 292 g/mol. The molecule has 0 amide bonds. The van der Waals surface area contributed by atoms with Crippen LogP contribution in [0.25, 0.3) is 0 Å². The molecule has 3 unspecified atom stereocenters. The van der Waals surface area contributed by atoms with Gasteiger partial charge >= 0.3 is 5.97 Å². The third-order valence-corrected chi connectivity index (χ3v) is 4.68. The maximum absolute atomic E-state index is 12.8. The average Bonchev–Trinajstić information content (AvgIpc) is 2.46. The molecule has 0 spiro atoms. The molecule has 0 aliphatic heterocycles. The molecule has 124 valence electrons. The van der Waals surface area contributed by atoms with Crippen molar-refractivity contribution >= 4 is 12.0 Å². The highest BCUT2D eigenvalue weighted by Gasteiger charge is 2.53. The molecule has 3 atom stereocenters. The van der Waals surface area contributed by atoms with Gasteiger partial charge in [0.05, 0.1) is 6.54 Å². The second kappa shape index (κ2) is 6.65. The van der Waals surface area contributed by atoms with Crippen LogP contribution in [0.4, 0.5) is 0 Å². The van der Waals surface area contributed by atoms with E-state index in [-0.39, 0.29) is 23.8 Å². The number of nitrogens with zero attached hydrogens (tertiary/aromatic N) is 1. The summed E-state index contributed by atoms with van der Waals surface area (Å²) in [4.78, 5) is 27.0. The minimum absolute atomic E-state index is 0.0781. The fourth-order valence-electron chi connectivity index (χ4n) is 3.91. The summed E-state index contributed by atoms with van der Waals surface area (Å²) in [6.45, 7) is 6.44. The zero-order valence-corrected chi connectivity index (χ0v) is 13.9. The van der Waals surface area contributed by atoms with Crippen molar-refractivity contribution in [2.24, 2.45) is 28.0 Å². The first-order chi connectivity index (χ1) is 10.8. The van der Waals surface area contributed by atoms with E-state index < -0.39 is 11.5 Å². The Kier molecular flexibility index (Phi) is 5.03. The Hall–Kier alpha value is -1.97. The van der Waals surface area contributed by atoms with Crippen LogP contribution in [0, 0.1) is 17.3 Å². The summed E-state index contributed by atoms with van der Waals surface area (Å²) < 4.78 is 5.50. The number of hydrogen-bond donors (Lipinski definition) is 1. The molecule has 0 heterocycles. The molecule has 1 aromatic carbocycles. The van der Waals surface area contributed by atoms with Crippen LogP contribution in [0.5, 0.6) is 5.75 Å². The highest BCUT2D eigenvalue weighted by atomic mass is 16.5. The molecule has 5 nitrogen and oxygen atoms in total. The number of para-hydroxylation sites is 1. The smallest absolute Gasteiger partial charge is 0.331 e. The molecule has 0 radical (unpaired) electrons. The van der Waals surface area contributed by atoms with Gasteiger partial charge in [0.1, 0.15) is 11.3 Å². The van der Waals surface area contributed by atoms with Gasteiger partial charge in [-0.25, -0.2) is 14.6 Å². The van der Waals surface area contributed by atoms with Crippen molar-refractivity contribution in [2.45, 2.75) is 39.2 Å². The van der Waals surface area contributed by atoms with Crippen LogP contribution in [0.1, 0.15) is 33.6 Å². The number of esters is 1. The summed E-state index contributed by atoms with van der Waals surface area (Å²) in [5, 5.41) is 0. The van der Waals surface area contributed by atoms with Crippen molar-refractivity contribution in [1.82, 2.24) is 0 Å². The molecular formula is C18H24N2O3. The number of isocyanates is 1. The van der Waals surface area contributed by atoms with Crippen LogP contribution in [0.2, 0.25) is 0 Å². The number of hydrogen-bond acceptors (Lipinski definition) is 5. The fourth-order valence-corrected chi connectivity index (χ4v) is 3.91. The van der Waals surface area contributed by atoms with Crippen molar-refractivity contribution < 1.29 is 14.3 Å². The van der Waals surface area contributed by atoms with Crippen LogP contribution in [0.15, 0.2) is 35.3 Å². The lowest BCUT2D eigenvalue weighted by Crippen LogP contribution is -2.63. The zero-order valence-electron chi connectivity index (χ0n) is 13.9. The molecule has 1 fully saturated rings. The van der Waals surface area contributed by atoms with Gasteiger partial charge in [0.15, 0.2) is 0 Å². The number of aliphatic imine (C=N–C) groups is 1. The number of rotatable bonds is 4.